The van der Waals surface area contributed by atoms with Crippen LogP contribution in [0.15, 0.2) is 59.1 Å². The number of benzene rings is 2. The molecule has 0 aliphatic heterocycles. The number of nitrogens with two attached hydrogens (primary N) is 1. The third kappa shape index (κ3) is 3.85. The number of hydrogen-bond donors (Lipinski definition) is 1. The Hall–Kier alpha value is -2.91. The molecular weight excluding hydrogens is 397 g/mol. The third-order valence-corrected chi connectivity index (χ3v) is 5.88. The summed E-state index contributed by atoms with van der Waals surface area (Å²) in [6.07, 6.45) is 0. The van der Waals surface area contributed by atoms with Crippen molar-refractivity contribution in [2.24, 2.45) is 0 Å². The molecule has 9 heteroatoms. The maximum Gasteiger partial charge on any atom is 0.210 e. The van der Waals surface area contributed by atoms with Gasteiger partial charge in [0.2, 0.25) is 5.16 Å². The third-order valence-electron chi connectivity index (χ3n) is 3.96. The van der Waals surface area contributed by atoms with E-state index in [1.54, 1.807) is 30.6 Å². The van der Waals surface area contributed by atoms with Crippen LogP contribution >= 0.6 is 23.1 Å². The van der Waals surface area contributed by atoms with Crippen molar-refractivity contribution in [3.05, 3.63) is 65.4 Å². The monoisotopic (exact) mass is 413 g/mol. The second kappa shape index (κ2) is 7.99. The van der Waals surface area contributed by atoms with Crippen LogP contribution in [0.5, 0.6) is 5.75 Å². The fourth-order valence-electron chi connectivity index (χ4n) is 2.60. The van der Waals surface area contributed by atoms with Gasteiger partial charge in [-0.25, -0.2) is 14.1 Å². The van der Waals surface area contributed by atoms with Gasteiger partial charge < -0.3 is 10.6 Å². The number of thioether (sulfide) groups is 1. The van der Waals surface area contributed by atoms with Crippen LogP contribution in [0.1, 0.15) is 5.69 Å². The van der Waals surface area contributed by atoms with Crippen LogP contribution in [0, 0.1) is 5.82 Å². The van der Waals surface area contributed by atoms with Gasteiger partial charge >= 0.3 is 0 Å². The zero-order valence-electron chi connectivity index (χ0n) is 14.9. The Balaban J connectivity index is 1.48. The molecule has 0 atom stereocenters. The van der Waals surface area contributed by atoms with Crippen molar-refractivity contribution >= 4 is 23.1 Å². The average molecular weight is 414 g/mol. The first kappa shape index (κ1) is 18.5. The lowest BCUT2D eigenvalue weighted by molar-refractivity contribution is 0.415. The highest BCUT2D eigenvalue weighted by molar-refractivity contribution is 7.98. The Kier molecular flexibility index (Phi) is 5.27. The molecule has 2 aromatic carbocycles. The molecule has 6 nitrogen and oxygen atoms in total. The van der Waals surface area contributed by atoms with Gasteiger partial charge in [0.1, 0.15) is 16.6 Å². The van der Waals surface area contributed by atoms with E-state index in [1.807, 2.05) is 29.6 Å². The van der Waals surface area contributed by atoms with Crippen molar-refractivity contribution < 1.29 is 9.13 Å². The zero-order valence-corrected chi connectivity index (χ0v) is 16.5. The average Bonchev–Trinajstić information content (AvgIpc) is 3.33. The quantitative estimate of drug-likeness (QED) is 0.377. The Morgan fingerprint density at radius 3 is 2.79 bits per heavy atom. The second-order valence-electron chi connectivity index (χ2n) is 5.85. The number of nitrogen functional groups attached to an aromatic ring is 1. The summed E-state index contributed by atoms with van der Waals surface area (Å²) in [5, 5.41) is 11.7. The molecule has 4 rings (SSSR count). The molecule has 0 spiro atoms. The highest BCUT2D eigenvalue weighted by Crippen LogP contribution is 2.30. The van der Waals surface area contributed by atoms with Gasteiger partial charge in [0.15, 0.2) is 5.82 Å². The number of methoxy groups -OCH3 is 1. The SMILES string of the molecule is COc1cccc(-c2nc(CSc3nnc(-c4cccc(F)c4)n3N)cs2)c1. The molecule has 0 saturated heterocycles. The molecule has 2 heterocycles. The summed E-state index contributed by atoms with van der Waals surface area (Å²) in [6.45, 7) is 0. The first-order valence-corrected chi connectivity index (χ1v) is 10.2. The second-order valence-corrected chi connectivity index (χ2v) is 7.65. The maximum absolute atomic E-state index is 13.4. The van der Waals surface area contributed by atoms with E-state index in [2.05, 4.69) is 15.2 Å². The van der Waals surface area contributed by atoms with E-state index in [-0.39, 0.29) is 5.82 Å². The summed E-state index contributed by atoms with van der Waals surface area (Å²) in [7, 11) is 1.64. The van der Waals surface area contributed by atoms with Crippen LogP contribution in [0.2, 0.25) is 0 Å². The summed E-state index contributed by atoms with van der Waals surface area (Å²) >= 11 is 3.00. The van der Waals surface area contributed by atoms with Gasteiger partial charge in [-0.1, -0.05) is 36.0 Å². The molecule has 0 fully saturated rings. The van der Waals surface area contributed by atoms with E-state index in [1.165, 1.54) is 28.6 Å². The Morgan fingerprint density at radius 2 is 1.96 bits per heavy atom. The summed E-state index contributed by atoms with van der Waals surface area (Å²) in [5.41, 5.74) is 2.51. The van der Waals surface area contributed by atoms with Gasteiger partial charge in [-0.05, 0) is 24.3 Å². The first-order chi connectivity index (χ1) is 13.6. The van der Waals surface area contributed by atoms with Crippen molar-refractivity contribution in [1.82, 2.24) is 19.9 Å². The highest BCUT2D eigenvalue weighted by atomic mass is 32.2. The molecule has 142 valence electrons. The minimum atomic E-state index is -0.345. The van der Waals surface area contributed by atoms with Crippen LogP contribution in [0.4, 0.5) is 4.39 Å². The summed E-state index contributed by atoms with van der Waals surface area (Å²) in [6, 6.07) is 13.9. The number of ether oxygens (including phenoxy) is 1. The van der Waals surface area contributed by atoms with Crippen LogP contribution in [0.25, 0.3) is 22.0 Å². The number of hydrogen-bond acceptors (Lipinski definition) is 7. The number of thiazole rings is 1. The smallest absolute Gasteiger partial charge is 0.210 e. The summed E-state index contributed by atoms with van der Waals surface area (Å²) in [5.74, 6) is 7.56. The fourth-order valence-corrected chi connectivity index (χ4v) is 4.27. The highest BCUT2D eigenvalue weighted by Gasteiger charge is 2.14. The van der Waals surface area contributed by atoms with E-state index in [0.29, 0.717) is 22.3 Å². The van der Waals surface area contributed by atoms with Crippen LogP contribution in [-0.2, 0) is 5.75 Å². The molecule has 0 radical (unpaired) electrons. The molecule has 4 aromatic rings. The molecule has 2 N–H and O–H groups in total. The van der Waals surface area contributed by atoms with Gasteiger partial charge in [0.05, 0.1) is 12.8 Å². The predicted molar refractivity (Wildman–Crippen MR) is 109 cm³/mol. The molecule has 0 saturated carbocycles. The van der Waals surface area contributed by atoms with E-state index in [4.69, 9.17) is 10.6 Å². The lowest BCUT2D eigenvalue weighted by Gasteiger charge is -2.03. The normalized spacial score (nSPS) is 10.9. The van der Waals surface area contributed by atoms with E-state index in [0.717, 1.165) is 22.0 Å². The fraction of sp³-hybridized carbons (Fsp3) is 0.105. The van der Waals surface area contributed by atoms with Gasteiger partial charge in [-0.2, -0.15) is 0 Å². The standard InChI is InChI=1S/C19H16FN5OS2/c1-26-16-7-3-5-13(9-16)18-22-15(10-27-18)11-28-19-24-23-17(25(19)21)12-4-2-6-14(20)8-12/h2-10H,11,21H2,1H3. The van der Waals surface area contributed by atoms with Gasteiger partial charge in [0, 0.05) is 22.3 Å². The zero-order chi connectivity index (χ0) is 19.5. The molecular formula is C19H16FN5OS2. The van der Waals surface area contributed by atoms with Crippen molar-refractivity contribution in [3.63, 3.8) is 0 Å². The van der Waals surface area contributed by atoms with Gasteiger partial charge in [-0.15, -0.1) is 21.5 Å². The summed E-state index contributed by atoms with van der Waals surface area (Å²) < 4.78 is 20.1. The Bertz CT molecular complexity index is 1110. The largest absolute Gasteiger partial charge is 0.497 e. The maximum atomic E-state index is 13.4. The summed E-state index contributed by atoms with van der Waals surface area (Å²) in [4.78, 5) is 4.67. The number of rotatable bonds is 6. The molecule has 28 heavy (non-hydrogen) atoms. The van der Waals surface area contributed by atoms with Crippen molar-refractivity contribution in [1.29, 1.82) is 0 Å². The van der Waals surface area contributed by atoms with Crippen LogP contribution < -0.4 is 10.6 Å². The minimum Gasteiger partial charge on any atom is -0.497 e. The van der Waals surface area contributed by atoms with Crippen LogP contribution in [-0.4, -0.2) is 27.0 Å². The lowest BCUT2D eigenvalue weighted by Crippen LogP contribution is -2.11. The molecule has 0 aliphatic carbocycles. The lowest BCUT2D eigenvalue weighted by atomic mass is 10.2. The molecule has 0 amide bonds. The van der Waals surface area contributed by atoms with Crippen molar-refractivity contribution in [2.45, 2.75) is 10.9 Å². The van der Waals surface area contributed by atoms with Gasteiger partial charge in [0.25, 0.3) is 0 Å². The molecule has 0 unspecified atom stereocenters. The number of nitrogens with zero attached hydrogens (tertiary/aromatic N) is 4. The minimum absolute atomic E-state index is 0.345. The predicted octanol–water partition coefficient (Wildman–Crippen LogP) is 4.22. The molecule has 0 bridgehead atoms. The van der Waals surface area contributed by atoms with Crippen LogP contribution in [0.3, 0.4) is 0 Å². The van der Waals surface area contributed by atoms with Crippen molar-refractivity contribution in [2.75, 3.05) is 13.0 Å². The molecule has 0 aliphatic rings. The first-order valence-electron chi connectivity index (χ1n) is 8.32. The molecule has 2 aromatic heterocycles. The van der Waals surface area contributed by atoms with Crippen molar-refractivity contribution in [3.8, 4) is 27.7 Å². The topological polar surface area (TPSA) is 78.9 Å². The Labute approximate surface area is 169 Å². The number of aromatic nitrogens is 4. The van der Waals surface area contributed by atoms with Gasteiger partial charge in [-0.3, -0.25) is 0 Å². The van der Waals surface area contributed by atoms with E-state index >= 15 is 0 Å². The van der Waals surface area contributed by atoms with E-state index in [9.17, 15) is 4.39 Å². The van der Waals surface area contributed by atoms with E-state index < -0.39 is 0 Å². The Morgan fingerprint density at radius 1 is 1.14 bits per heavy atom. The number of halogens is 1.